The number of thiol groups is 1. The van der Waals surface area contributed by atoms with Crippen LogP contribution >= 0.6 is 24.0 Å². The van der Waals surface area contributed by atoms with E-state index in [0.29, 0.717) is 0 Å². The third kappa shape index (κ3) is 1.56. The zero-order valence-corrected chi connectivity index (χ0v) is 9.66. The van der Waals surface area contributed by atoms with Crippen molar-refractivity contribution < 1.29 is 5.11 Å². The third-order valence-electron chi connectivity index (χ3n) is 2.35. The van der Waals surface area contributed by atoms with E-state index < -0.39 is 0 Å². The number of aliphatic hydroxyl groups excluding tert-OH is 1. The molecule has 1 N–H and O–H groups in total. The summed E-state index contributed by atoms with van der Waals surface area (Å²) < 4.78 is 1.24. The Morgan fingerprint density at radius 2 is 2.21 bits per heavy atom. The van der Waals surface area contributed by atoms with E-state index >= 15 is 0 Å². The summed E-state index contributed by atoms with van der Waals surface area (Å²) in [6, 6.07) is 6.17. The van der Waals surface area contributed by atoms with Gasteiger partial charge in [-0.2, -0.15) is 0 Å². The van der Waals surface area contributed by atoms with Crippen molar-refractivity contribution in [3.05, 3.63) is 28.6 Å². The Kier molecular flexibility index (Phi) is 2.81. The van der Waals surface area contributed by atoms with Crippen molar-refractivity contribution in [2.75, 3.05) is 0 Å². The minimum atomic E-state index is 0.129. The smallest absolute Gasteiger partial charge is 0.0774 e. The van der Waals surface area contributed by atoms with Gasteiger partial charge in [-0.15, -0.1) is 24.0 Å². The van der Waals surface area contributed by atoms with Crippen molar-refractivity contribution in [2.45, 2.75) is 24.8 Å². The fourth-order valence-corrected chi connectivity index (χ4v) is 2.97. The summed E-state index contributed by atoms with van der Waals surface area (Å²) in [5.74, 6) is 0. The highest BCUT2D eigenvalue weighted by Gasteiger charge is 2.07. The Balaban J connectivity index is 2.73. The number of benzene rings is 1. The van der Waals surface area contributed by atoms with Crippen LogP contribution in [0.5, 0.6) is 0 Å². The molecule has 0 saturated carbocycles. The van der Waals surface area contributed by atoms with E-state index in [1.54, 1.807) is 11.3 Å². The molecule has 0 bridgehead atoms. The van der Waals surface area contributed by atoms with E-state index in [2.05, 4.69) is 31.7 Å². The number of aryl methyl sites for hydroxylation is 1. The summed E-state index contributed by atoms with van der Waals surface area (Å²) >= 11 is 6.09. The van der Waals surface area contributed by atoms with Crippen molar-refractivity contribution in [3.8, 4) is 0 Å². The van der Waals surface area contributed by atoms with Crippen molar-refractivity contribution in [3.63, 3.8) is 0 Å². The van der Waals surface area contributed by atoms with Gasteiger partial charge >= 0.3 is 0 Å². The van der Waals surface area contributed by atoms with Crippen LogP contribution in [0, 0.1) is 0 Å². The Labute approximate surface area is 92.8 Å². The van der Waals surface area contributed by atoms with E-state index in [0.717, 1.165) is 16.2 Å². The lowest BCUT2D eigenvalue weighted by atomic mass is 10.1. The lowest BCUT2D eigenvalue weighted by Gasteiger charge is -2.02. The van der Waals surface area contributed by atoms with Crippen LogP contribution in [0.1, 0.15) is 17.4 Å². The van der Waals surface area contributed by atoms with Gasteiger partial charge < -0.3 is 5.11 Å². The summed E-state index contributed by atoms with van der Waals surface area (Å²) in [4.78, 5) is 2.07. The number of rotatable bonds is 2. The van der Waals surface area contributed by atoms with Crippen molar-refractivity contribution in [1.82, 2.24) is 0 Å². The highest BCUT2D eigenvalue weighted by molar-refractivity contribution is 7.80. The molecule has 1 heterocycles. The lowest BCUT2D eigenvalue weighted by Crippen LogP contribution is -1.83. The fourth-order valence-electron chi connectivity index (χ4n) is 1.66. The highest BCUT2D eigenvalue weighted by Crippen LogP contribution is 2.32. The van der Waals surface area contributed by atoms with E-state index in [-0.39, 0.29) is 6.61 Å². The Bertz CT molecular complexity index is 460. The number of hydrogen-bond donors (Lipinski definition) is 2. The van der Waals surface area contributed by atoms with Gasteiger partial charge in [-0.25, -0.2) is 0 Å². The quantitative estimate of drug-likeness (QED) is 0.750. The normalized spacial score (nSPS) is 11.1. The molecule has 0 aliphatic carbocycles. The van der Waals surface area contributed by atoms with Gasteiger partial charge in [0.15, 0.2) is 0 Å². The minimum Gasteiger partial charge on any atom is -0.391 e. The summed E-state index contributed by atoms with van der Waals surface area (Å²) in [5, 5.41) is 10.3. The molecule has 74 valence electrons. The topological polar surface area (TPSA) is 20.2 Å². The molecule has 0 atom stereocenters. The highest BCUT2D eigenvalue weighted by atomic mass is 32.1. The van der Waals surface area contributed by atoms with E-state index in [9.17, 15) is 0 Å². The molecule has 0 spiro atoms. The van der Waals surface area contributed by atoms with Gasteiger partial charge in [-0.05, 0) is 35.6 Å². The first kappa shape index (κ1) is 10.0. The first-order valence-corrected chi connectivity index (χ1v) is 5.86. The lowest BCUT2D eigenvalue weighted by molar-refractivity contribution is 0.285. The van der Waals surface area contributed by atoms with Gasteiger partial charge in [0, 0.05) is 14.5 Å². The van der Waals surface area contributed by atoms with E-state index in [1.165, 1.54) is 15.6 Å². The molecular weight excluding hydrogens is 212 g/mol. The molecule has 14 heavy (non-hydrogen) atoms. The van der Waals surface area contributed by atoms with Crippen LogP contribution in [-0.2, 0) is 13.0 Å². The van der Waals surface area contributed by atoms with Crippen LogP contribution in [0.3, 0.4) is 0 Å². The van der Waals surface area contributed by atoms with Gasteiger partial charge in [0.2, 0.25) is 0 Å². The molecule has 1 nitrogen and oxygen atoms in total. The summed E-state index contributed by atoms with van der Waals surface area (Å²) in [5.41, 5.74) is 1.28. The largest absolute Gasteiger partial charge is 0.391 e. The molecule has 3 heteroatoms. The van der Waals surface area contributed by atoms with Crippen LogP contribution in [-0.4, -0.2) is 5.11 Å². The average molecular weight is 224 g/mol. The van der Waals surface area contributed by atoms with Crippen molar-refractivity contribution in [2.24, 2.45) is 0 Å². The van der Waals surface area contributed by atoms with Crippen LogP contribution in [0.2, 0.25) is 0 Å². The molecule has 2 aromatic rings. The van der Waals surface area contributed by atoms with Crippen molar-refractivity contribution >= 4 is 34.1 Å². The number of aliphatic hydroxyl groups is 1. The van der Waals surface area contributed by atoms with Crippen molar-refractivity contribution in [1.29, 1.82) is 0 Å². The molecule has 0 fully saturated rings. The second-order valence-corrected chi connectivity index (χ2v) is 4.85. The first-order valence-electron chi connectivity index (χ1n) is 4.60. The fraction of sp³-hybridized carbons (Fsp3) is 0.273. The molecule has 0 aliphatic rings. The standard InChI is InChI=1S/C11H12OS2/c1-2-8-9-5-7(6-12)14-11(9)4-3-10(8)13/h3-5,12-13H,2,6H2,1H3. The molecule has 1 aromatic carbocycles. The maximum absolute atomic E-state index is 9.06. The van der Waals surface area contributed by atoms with Gasteiger partial charge in [0.25, 0.3) is 0 Å². The number of hydrogen-bond acceptors (Lipinski definition) is 3. The molecule has 0 aliphatic heterocycles. The molecule has 2 rings (SSSR count). The van der Waals surface area contributed by atoms with Crippen LogP contribution in [0.25, 0.3) is 10.1 Å². The predicted octanol–water partition coefficient (Wildman–Crippen LogP) is 3.24. The molecule has 0 saturated heterocycles. The predicted molar refractivity (Wildman–Crippen MR) is 64.4 cm³/mol. The SMILES string of the molecule is CCc1c(S)ccc2sc(CO)cc12. The second-order valence-electron chi connectivity index (χ2n) is 3.20. The Morgan fingerprint density at radius 3 is 2.86 bits per heavy atom. The zero-order chi connectivity index (χ0) is 10.1. The first-order chi connectivity index (χ1) is 6.76. The third-order valence-corrected chi connectivity index (χ3v) is 3.85. The number of fused-ring (bicyclic) bond motifs is 1. The van der Waals surface area contributed by atoms with Crippen LogP contribution in [0.15, 0.2) is 23.1 Å². The summed E-state index contributed by atoms with van der Waals surface area (Å²) in [7, 11) is 0. The minimum absolute atomic E-state index is 0.129. The van der Waals surface area contributed by atoms with E-state index in [1.807, 2.05) is 6.07 Å². The average Bonchev–Trinajstić information content (AvgIpc) is 2.60. The maximum atomic E-state index is 9.06. The van der Waals surface area contributed by atoms with Gasteiger partial charge in [-0.1, -0.05) is 6.92 Å². The zero-order valence-electron chi connectivity index (χ0n) is 7.95. The molecule has 1 aromatic heterocycles. The monoisotopic (exact) mass is 224 g/mol. The van der Waals surface area contributed by atoms with Crippen LogP contribution in [0.4, 0.5) is 0 Å². The summed E-state index contributed by atoms with van der Waals surface area (Å²) in [6.45, 7) is 2.26. The Morgan fingerprint density at radius 1 is 1.43 bits per heavy atom. The molecular formula is C11H12OS2. The van der Waals surface area contributed by atoms with E-state index in [4.69, 9.17) is 5.11 Å². The molecule has 0 unspecified atom stereocenters. The van der Waals surface area contributed by atoms with Gasteiger partial charge in [0.05, 0.1) is 6.61 Å². The van der Waals surface area contributed by atoms with Gasteiger partial charge in [0.1, 0.15) is 0 Å². The van der Waals surface area contributed by atoms with Gasteiger partial charge in [-0.3, -0.25) is 0 Å². The number of thiophene rings is 1. The Hall–Kier alpha value is -0.510. The van der Waals surface area contributed by atoms with Crippen LogP contribution < -0.4 is 0 Å². The maximum Gasteiger partial charge on any atom is 0.0774 e. The second kappa shape index (κ2) is 3.93. The molecule has 0 radical (unpaired) electrons. The summed E-state index contributed by atoms with van der Waals surface area (Å²) in [6.07, 6.45) is 0.984. The molecule has 0 amide bonds.